The van der Waals surface area contributed by atoms with E-state index >= 15 is 0 Å². The second-order valence-electron chi connectivity index (χ2n) is 8.02. The maximum Gasteiger partial charge on any atom is 0.138 e. The highest BCUT2D eigenvalue weighted by atomic mass is 79.9. The Kier molecular flexibility index (Phi) is 5.69. The summed E-state index contributed by atoms with van der Waals surface area (Å²) in [5.41, 5.74) is 2.44. The molecule has 1 N–H and O–H groups in total. The third kappa shape index (κ3) is 4.08. The quantitative estimate of drug-likeness (QED) is 0.605. The number of benzene rings is 1. The van der Waals surface area contributed by atoms with E-state index in [1.807, 2.05) is 0 Å². The van der Waals surface area contributed by atoms with Gasteiger partial charge in [0.15, 0.2) is 0 Å². The number of hydrogen-bond donors (Lipinski definition) is 1. The first-order chi connectivity index (χ1) is 13.4. The molecular formula is C21H26BrN5S. The highest BCUT2D eigenvalue weighted by Crippen LogP contribution is 2.37. The van der Waals surface area contributed by atoms with Crippen molar-refractivity contribution in [3.8, 4) is 11.1 Å². The molecule has 3 heterocycles. The topological polar surface area (TPSA) is 44.3 Å². The van der Waals surface area contributed by atoms with E-state index in [1.54, 1.807) is 17.7 Å². The van der Waals surface area contributed by atoms with E-state index in [1.165, 1.54) is 11.1 Å². The average Bonchev–Trinajstić information content (AvgIpc) is 3.12. The summed E-state index contributed by atoms with van der Waals surface area (Å²) in [6.07, 6.45) is 1.66. The molecule has 28 heavy (non-hydrogen) atoms. The summed E-state index contributed by atoms with van der Waals surface area (Å²) in [6.45, 7) is 9.93. The SMILES string of the molecule is CN1CCN(C(C)(C)CNc2ncnc3scc(-c4ccc(Br)cc4)c23)CC1. The molecule has 1 aliphatic heterocycles. The van der Waals surface area contributed by atoms with Crippen LogP contribution in [0.25, 0.3) is 21.3 Å². The number of anilines is 1. The third-order valence-electron chi connectivity index (χ3n) is 5.57. The van der Waals surface area contributed by atoms with Crippen LogP contribution < -0.4 is 5.32 Å². The van der Waals surface area contributed by atoms with E-state index in [0.717, 1.165) is 53.2 Å². The van der Waals surface area contributed by atoms with E-state index in [-0.39, 0.29) is 5.54 Å². The summed E-state index contributed by atoms with van der Waals surface area (Å²) in [5.74, 6) is 0.923. The van der Waals surface area contributed by atoms with E-state index in [2.05, 4.69) is 91.6 Å². The van der Waals surface area contributed by atoms with Crippen LogP contribution >= 0.6 is 27.3 Å². The number of aromatic nitrogens is 2. The predicted molar refractivity (Wildman–Crippen MR) is 122 cm³/mol. The van der Waals surface area contributed by atoms with Crippen molar-refractivity contribution in [2.24, 2.45) is 0 Å². The van der Waals surface area contributed by atoms with Crippen molar-refractivity contribution in [2.45, 2.75) is 19.4 Å². The minimum atomic E-state index is 0.0618. The van der Waals surface area contributed by atoms with Crippen molar-refractivity contribution in [3.05, 3.63) is 40.4 Å². The summed E-state index contributed by atoms with van der Waals surface area (Å²) in [4.78, 5) is 15.1. The molecular weight excluding hydrogens is 434 g/mol. The number of thiophene rings is 1. The fourth-order valence-corrected chi connectivity index (χ4v) is 4.85. The molecule has 0 radical (unpaired) electrons. The van der Waals surface area contributed by atoms with Crippen LogP contribution in [0.5, 0.6) is 0 Å². The minimum Gasteiger partial charge on any atom is -0.368 e. The number of nitrogens with one attached hydrogen (secondary N) is 1. The first kappa shape index (κ1) is 19.8. The molecule has 2 aromatic heterocycles. The van der Waals surface area contributed by atoms with Gasteiger partial charge in [0.2, 0.25) is 0 Å². The Hall–Kier alpha value is -1.54. The van der Waals surface area contributed by atoms with Crippen molar-refractivity contribution < 1.29 is 0 Å². The fourth-order valence-electron chi connectivity index (χ4n) is 3.67. The van der Waals surface area contributed by atoms with E-state index < -0.39 is 0 Å². The molecule has 1 saturated heterocycles. The number of rotatable bonds is 5. The van der Waals surface area contributed by atoms with Crippen LogP contribution in [0.1, 0.15) is 13.8 Å². The molecule has 4 rings (SSSR count). The van der Waals surface area contributed by atoms with Gasteiger partial charge in [-0.2, -0.15) is 0 Å². The van der Waals surface area contributed by atoms with Crippen molar-refractivity contribution in [1.82, 2.24) is 19.8 Å². The molecule has 7 heteroatoms. The molecule has 5 nitrogen and oxygen atoms in total. The average molecular weight is 460 g/mol. The first-order valence-electron chi connectivity index (χ1n) is 9.60. The zero-order valence-electron chi connectivity index (χ0n) is 16.6. The Morgan fingerprint density at radius 3 is 2.54 bits per heavy atom. The maximum absolute atomic E-state index is 4.59. The number of likely N-dealkylation sites (N-methyl/N-ethyl adjacent to an activating group) is 1. The molecule has 1 aromatic carbocycles. The Labute approximate surface area is 178 Å². The Balaban J connectivity index is 1.59. The van der Waals surface area contributed by atoms with Gasteiger partial charge in [-0.25, -0.2) is 9.97 Å². The van der Waals surface area contributed by atoms with E-state index in [4.69, 9.17) is 0 Å². The van der Waals surface area contributed by atoms with Crippen molar-refractivity contribution in [2.75, 3.05) is 45.1 Å². The van der Waals surface area contributed by atoms with Gasteiger partial charge in [0, 0.05) is 53.7 Å². The monoisotopic (exact) mass is 459 g/mol. The molecule has 148 valence electrons. The standard InChI is InChI=1S/C21H26BrN5S/c1-21(2,27-10-8-26(3)9-11-27)13-23-19-18-17(12-28-20(18)25-14-24-19)15-4-6-16(22)7-5-15/h4-7,12,14H,8-11,13H2,1-3H3,(H,23,24,25). The zero-order valence-corrected chi connectivity index (χ0v) is 19.0. The number of nitrogens with zero attached hydrogens (tertiary/aromatic N) is 4. The lowest BCUT2D eigenvalue weighted by molar-refractivity contribution is 0.0699. The van der Waals surface area contributed by atoms with Crippen LogP contribution in [0.15, 0.2) is 40.4 Å². The van der Waals surface area contributed by atoms with Crippen molar-refractivity contribution in [3.63, 3.8) is 0 Å². The van der Waals surface area contributed by atoms with Crippen molar-refractivity contribution >= 4 is 43.3 Å². The summed E-state index contributed by atoms with van der Waals surface area (Å²) >= 11 is 5.19. The van der Waals surface area contributed by atoms with Gasteiger partial charge in [-0.15, -0.1) is 11.3 Å². The molecule has 1 aliphatic rings. The number of piperazine rings is 1. The Morgan fingerprint density at radius 2 is 1.82 bits per heavy atom. The second kappa shape index (κ2) is 8.06. The summed E-state index contributed by atoms with van der Waals surface area (Å²) in [7, 11) is 2.19. The molecule has 0 unspecified atom stereocenters. The highest BCUT2D eigenvalue weighted by Gasteiger charge is 2.29. The van der Waals surface area contributed by atoms with Gasteiger partial charge in [0.05, 0.1) is 5.39 Å². The highest BCUT2D eigenvalue weighted by molar-refractivity contribution is 9.10. The summed E-state index contributed by atoms with van der Waals surface area (Å²) < 4.78 is 1.08. The molecule has 1 fully saturated rings. The minimum absolute atomic E-state index is 0.0618. The lowest BCUT2D eigenvalue weighted by Gasteiger charge is -2.43. The molecule has 0 amide bonds. The molecule has 0 aliphatic carbocycles. The molecule has 0 atom stereocenters. The first-order valence-corrected chi connectivity index (χ1v) is 11.3. The largest absolute Gasteiger partial charge is 0.368 e. The van der Waals surface area contributed by atoms with Crippen LogP contribution in [0.3, 0.4) is 0 Å². The van der Waals surface area contributed by atoms with Crippen LogP contribution in [-0.2, 0) is 0 Å². The number of hydrogen-bond acceptors (Lipinski definition) is 6. The number of fused-ring (bicyclic) bond motifs is 1. The lowest BCUT2D eigenvalue weighted by atomic mass is 10.0. The van der Waals surface area contributed by atoms with Gasteiger partial charge in [0.1, 0.15) is 17.0 Å². The van der Waals surface area contributed by atoms with Crippen molar-refractivity contribution in [1.29, 1.82) is 0 Å². The molecule has 0 spiro atoms. The van der Waals surface area contributed by atoms with Gasteiger partial charge < -0.3 is 10.2 Å². The van der Waals surface area contributed by atoms with Crippen LogP contribution in [0.4, 0.5) is 5.82 Å². The van der Waals surface area contributed by atoms with Gasteiger partial charge in [-0.05, 0) is 38.6 Å². The number of halogens is 1. The summed E-state index contributed by atoms with van der Waals surface area (Å²) in [6, 6.07) is 8.42. The molecule has 0 saturated carbocycles. The molecule has 3 aromatic rings. The smallest absolute Gasteiger partial charge is 0.138 e. The lowest BCUT2D eigenvalue weighted by Crippen LogP contribution is -2.56. The van der Waals surface area contributed by atoms with Gasteiger partial charge >= 0.3 is 0 Å². The molecule has 0 bridgehead atoms. The Bertz CT molecular complexity index is 945. The van der Waals surface area contributed by atoms with Gasteiger partial charge in [0.25, 0.3) is 0 Å². The maximum atomic E-state index is 4.59. The van der Waals surface area contributed by atoms with E-state index in [0.29, 0.717) is 0 Å². The predicted octanol–water partition coefficient (Wildman–Crippen LogP) is 4.56. The summed E-state index contributed by atoms with van der Waals surface area (Å²) in [5, 5.41) is 6.93. The van der Waals surface area contributed by atoms with E-state index in [9.17, 15) is 0 Å². The van der Waals surface area contributed by atoms with Gasteiger partial charge in [-0.1, -0.05) is 28.1 Å². The van der Waals surface area contributed by atoms with Crippen LogP contribution in [0, 0.1) is 0 Å². The second-order valence-corrected chi connectivity index (χ2v) is 9.79. The fraction of sp³-hybridized carbons (Fsp3) is 0.429. The van der Waals surface area contributed by atoms with Gasteiger partial charge in [-0.3, -0.25) is 4.90 Å². The zero-order chi connectivity index (χ0) is 19.7. The third-order valence-corrected chi connectivity index (χ3v) is 6.99. The van der Waals surface area contributed by atoms with Crippen LogP contribution in [0.2, 0.25) is 0 Å². The normalized spacial score (nSPS) is 16.6. The van der Waals surface area contributed by atoms with Crippen LogP contribution in [-0.4, -0.2) is 65.1 Å². The Morgan fingerprint density at radius 1 is 1.11 bits per heavy atom.